The summed E-state index contributed by atoms with van der Waals surface area (Å²) in [5.41, 5.74) is 2.84. The van der Waals surface area contributed by atoms with E-state index < -0.39 is 23.8 Å². The molecule has 0 spiro atoms. The van der Waals surface area contributed by atoms with E-state index in [1.165, 1.54) is 19.1 Å². The number of nitrogens with zero attached hydrogens (tertiary/aromatic N) is 1. The van der Waals surface area contributed by atoms with Gasteiger partial charge in [-0.05, 0) is 48.6 Å². The van der Waals surface area contributed by atoms with Crippen LogP contribution >= 0.6 is 0 Å². The first-order chi connectivity index (χ1) is 16.8. The monoisotopic (exact) mass is 483 g/mol. The van der Waals surface area contributed by atoms with Crippen molar-refractivity contribution in [1.82, 2.24) is 15.8 Å². The number of hydrogen-bond donors (Lipinski definition) is 3. The lowest BCUT2D eigenvalue weighted by Gasteiger charge is -2.40. The van der Waals surface area contributed by atoms with Crippen LogP contribution in [0.25, 0.3) is 11.3 Å². The summed E-state index contributed by atoms with van der Waals surface area (Å²) in [5.74, 6) is -1.71. The minimum Gasteiger partial charge on any atom is -0.390 e. The van der Waals surface area contributed by atoms with Crippen molar-refractivity contribution in [2.45, 2.75) is 63.1 Å². The van der Waals surface area contributed by atoms with Crippen molar-refractivity contribution in [2.24, 2.45) is 0 Å². The van der Waals surface area contributed by atoms with Crippen LogP contribution in [0.4, 0.5) is 8.78 Å². The molecule has 3 aromatic rings. The molecule has 35 heavy (non-hydrogen) atoms. The molecule has 8 heteroatoms. The zero-order valence-electron chi connectivity index (χ0n) is 19.8. The van der Waals surface area contributed by atoms with Gasteiger partial charge in [-0.15, -0.1) is 0 Å². The lowest BCUT2D eigenvalue weighted by atomic mass is 9.76. The van der Waals surface area contributed by atoms with Gasteiger partial charge in [0.15, 0.2) is 0 Å². The molecule has 0 saturated heterocycles. The molecule has 3 N–H and O–H groups in total. The highest BCUT2D eigenvalue weighted by atomic mass is 19.1. The highest BCUT2D eigenvalue weighted by Crippen LogP contribution is 2.38. The molecule has 1 aromatic heterocycles. The first-order valence-electron chi connectivity index (χ1n) is 12.0. The lowest BCUT2D eigenvalue weighted by molar-refractivity contribution is -0.120. The summed E-state index contributed by atoms with van der Waals surface area (Å²) < 4.78 is 32.4. The maximum absolute atomic E-state index is 13.7. The van der Waals surface area contributed by atoms with Crippen LogP contribution < -0.4 is 10.6 Å². The van der Waals surface area contributed by atoms with E-state index in [9.17, 15) is 18.7 Å². The third kappa shape index (κ3) is 6.32. The zero-order valence-corrected chi connectivity index (χ0v) is 19.8. The van der Waals surface area contributed by atoms with E-state index >= 15 is 0 Å². The molecule has 1 aliphatic rings. The largest absolute Gasteiger partial charge is 0.390 e. The molecule has 1 heterocycles. The average Bonchev–Trinajstić information content (AvgIpc) is 3.37. The van der Waals surface area contributed by atoms with Crippen molar-refractivity contribution >= 4 is 5.91 Å². The number of benzene rings is 2. The maximum atomic E-state index is 13.7. The Morgan fingerprint density at radius 1 is 1.11 bits per heavy atom. The molecular formula is C27H31F2N3O3. The molecule has 1 fully saturated rings. The standard InChI is InChI=1S/C27H31F2N3O3/c1-18(33)31-25(14-19-12-22(28)16-23(29)13-19)26(34)17-30-27(9-3-2-4-10-27)21-7-5-6-20(15-21)24-8-11-35-32-24/h5-8,11-13,15-16,25-26,30,34H,2-4,9-10,14,17H2,1H3,(H,31,33). The van der Waals surface area contributed by atoms with Crippen LogP contribution in [0.1, 0.15) is 50.2 Å². The molecule has 0 radical (unpaired) electrons. The van der Waals surface area contributed by atoms with Crippen LogP contribution in [0.15, 0.2) is 59.3 Å². The molecule has 0 bridgehead atoms. The van der Waals surface area contributed by atoms with Crippen molar-refractivity contribution in [3.63, 3.8) is 0 Å². The molecular weight excluding hydrogens is 452 g/mol. The number of amides is 1. The molecule has 2 atom stereocenters. The number of carbonyl (C=O) groups excluding carboxylic acids is 1. The molecule has 186 valence electrons. The second kappa shape index (κ2) is 11.1. The predicted molar refractivity (Wildman–Crippen MR) is 128 cm³/mol. The van der Waals surface area contributed by atoms with E-state index in [0.29, 0.717) is 5.56 Å². The number of aliphatic hydroxyl groups excluding tert-OH is 1. The van der Waals surface area contributed by atoms with Crippen molar-refractivity contribution in [2.75, 3.05) is 6.54 Å². The molecule has 2 aromatic carbocycles. The smallest absolute Gasteiger partial charge is 0.217 e. The second-order valence-corrected chi connectivity index (χ2v) is 9.35. The summed E-state index contributed by atoms with van der Waals surface area (Å²) in [6.45, 7) is 1.56. The number of rotatable bonds is 9. The Labute approximate surface area is 203 Å². The fourth-order valence-corrected chi connectivity index (χ4v) is 5.03. The van der Waals surface area contributed by atoms with E-state index in [1.807, 2.05) is 18.2 Å². The lowest BCUT2D eigenvalue weighted by Crippen LogP contribution is -2.53. The molecule has 1 aliphatic carbocycles. The summed E-state index contributed by atoms with van der Waals surface area (Å²) >= 11 is 0. The van der Waals surface area contributed by atoms with Crippen LogP contribution in [0.5, 0.6) is 0 Å². The van der Waals surface area contributed by atoms with Crippen molar-refractivity contribution in [3.05, 3.63) is 77.6 Å². The Balaban J connectivity index is 1.53. The van der Waals surface area contributed by atoms with Crippen LogP contribution in [0.2, 0.25) is 0 Å². The van der Waals surface area contributed by atoms with E-state index in [2.05, 4.69) is 27.9 Å². The normalized spacial score (nSPS) is 17.0. The van der Waals surface area contributed by atoms with Gasteiger partial charge in [0, 0.05) is 36.7 Å². The topological polar surface area (TPSA) is 87.4 Å². The second-order valence-electron chi connectivity index (χ2n) is 9.35. The fraction of sp³-hybridized carbons (Fsp3) is 0.407. The SMILES string of the molecule is CC(=O)NC(Cc1cc(F)cc(F)c1)C(O)CNC1(c2cccc(-c3ccon3)c2)CCCCC1. The first kappa shape index (κ1) is 25.0. The average molecular weight is 484 g/mol. The van der Waals surface area contributed by atoms with Gasteiger partial charge < -0.3 is 20.3 Å². The van der Waals surface area contributed by atoms with Gasteiger partial charge in [-0.3, -0.25) is 4.79 Å². The minimum absolute atomic E-state index is 0.103. The van der Waals surface area contributed by atoms with Gasteiger partial charge in [0.05, 0.1) is 12.1 Å². The highest BCUT2D eigenvalue weighted by molar-refractivity contribution is 5.73. The number of aromatic nitrogens is 1. The molecule has 1 saturated carbocycles. The van der Waals surface area contributed by atoms with Crippen molar-refractivity contribution < 1.29 is 23.2 Å². The first-order valence-corrected chi connectivity index (χ1v) is 12.0. The maximum Gasteiger partial charge on any atom is 0.217 e. The number of nitrogens with one attached hydrogen (secondary N) is 2. The zero-order chi connectivity index (χ0) is 24.8. The number of halogens is 2. The van der Waals surface area contributed by atoms with Crippen LogP contribution in [0.3, 0.4) is 0 Å². The van der Waals surface area contributed by atoms with Gasteiger partial charge in [-0.25, -0.2) is 8.78 Å². The highest BCUT2D eigenvalue weighted by Gasteiger charge is 2.35. The minimum atomic E-state index is -0.970. The molecule has 0 aliphatic heterocycles. The van der Waals surface area contributed by atoms with E-state index in [-0.39, 0.29) is 24.4 Å². The van der Waals surface area contributed by atoms with E-state index in [0.717, 1.165) is 55.0 Å². The van der Waals surface area contributed by atoms with Gasteiger partial charge in [0.1, 0.15) is 23.6 Å². The molecule has 2 unspecified atom stereocenters. The third-order valence-electron chi connectivity index (χ3n) is 6.74. The Kier molecular flexibility index (Phi) is 7.93. The summed E-state index contributed by atoms with van der Waals surface area (Å²) in [6.07, 6.45) is 5.73. The molecule has 1 amide bonds. The quantitative estimate of drug-likeness (QED) is 0.418. The van der Waals surface area contributed by atoms with Gasteiger partial charge in [-0.1, -0.05) is 42.6 Å². The predicted octanol–water partition coefficient (Wildman–Crippen LogP) is 4.48. The van der Waals surface area contributed by atoms with Crippen LogP contribution in [0, 0.1) is 11.6 Å². The van der Waals surface area contributed by atoms with Crippen molar-refractivity contribution in [3.8, 4) is 11.3 Å². The van der Waals surface area contributed by atoms with Crippen LogP contribution in [-0.2, 0) is 16.8 Å². The summed E-state index contributed by atoms with van der Waals surface area (Å²) in [6, 6.07) is 12.5. The Morgan fingerprint density at radius 2 is 1.86 bits per heavy atom. The van der Waals surface area contributed by atoms with Gasteiger partial charge in [0.25, 0.3) is 0 Å². The Hall–Kier alpha value is -3.10. The Morgan fingerprint density at radius 3 is 2.51 bits per heavy atom. The Bertz CT molecular complexity index is 1110. The number of carbonyl (C=O) groups is 1. The summed E-state index contributed by atoms with van der Waals surface area (Å²) in [5, 5.41) is 21.4. The van der Waals surface area contributed by atoms with E-state index in [4.69, 9.17) is 4.52 Å². The summed E-state index contributed by atoms with van der Waals surface area (Å²) in [4.78, 5) is 11.8. The molecule has 4 rings (SSSR count). The number of hydrogen-bond acceptors (Lipinski definition) is 5. The van der Waals surface area contributed by atoms with E-state index in [1.54, 1.807) is 6.26 Å². The molecule has 6 nitrogen and oxygen atoms in total. The van der Waals surface area contributed by atoms with Crippen molar-refractivity contribution in [1.29, 1.82) is 0 Å². The summed E-state index contributed by atoms with van der Waals surface area (Å²) in [7, 11) is 0. The van der Waals surface area contributed by atoms with Gasteiger partial charge >= 0.3 is 0 Å². The van der Waals surface area contributed by atoms with Crippen LogP contribution in [-0.4, -0.2) is 34.9 Å². The van der Waals surface area contributed by atoms with Gasteiger partial charge in [-0.2, -0.15) is 0 Å². The van der Waals surface area contributed by atoms with Gasteiger partial charge in [0.2, 0.25) is 5.91 Å². The fourth-order valence-electron chi connectivity index (χ4n) is 5.03. The third-order valence-corrected chi connectivity index (χ3v) is 6.74. The number of aliphatic hydroxyl groups is 1.